The van der Waals surface area contributed by atoms with Crippen LogP contribution < -0.4 is 5.43 Å². The van der Waals surface area contributed by atoms with Gasteiger partial charge in [-0.15, -0.1) is 0 Å². The highest BCUT2D eigenvalue weighted by Crippen LogP contribution is 2.46. The van der Waals surface area contributed by atoms with E-state index in [2.05, 4.69) is 15.9 Å². The predicted molar refractivity (Wildman–Crippen MR) is 124 cm³/mol. The lowest BCUT2D eigenvalue weighted by molar-refractivity contribution is 0.0615. The first kappa shape index (κ1) is 18.6. The number of carbonyl (C=O) groups excluding carboxylic acids is 1. The maximum Gasteiger partial charge on any atom is 0.273 e. The lowest BCUT2D eigenvalue weighted by Crippen LogP contribution is -2.47. The van der Waals surface area contributed by atoms with Crippen molar-refractivity contribution in [1.29, 1.82) is 0 Å². The molecule has 0 bridgehead atoms. The molecular weight excluding hydrogens is 470 g/mol. The fourth-order valence-corrected chi connectivity index (χ4v) is 5.48. The minimum atomic E-state index is -0.105. The molecule has 32 heavy (non-hydrogen) atoms. The maximum absolute atomic E-state index is 13.3. The van der Waals surface area contributed by atoms with Gasteiger partial charge in [-0.2, -0.15) is 5.10 Å². The zero-order valence-corrected chi connectivity index (χ0v) is 19.1. The Bertz CT molecular complexity index is 1540. The van der Waals surface area contributed by atoms with Crippen molar-refractivity contribution in [2.24, 2.45) is 0 Å². The molecule has 160 valence electrons. The summed E-state index contributed by atoms with van der Waals surface area (Å²) >= 11 is 3.50. The molecule has 7 nitrogen and oxygen atoms in total. The Hall–Kier alpha value is -3.00. The normalized spacial score (nSPS) is 19.2. The van der Waals surface area contributed by atoms with Gasteiger partial charge in [0.15, 0.2) is 5.65 Å². The molecule has 2 aliphatic carbocycles. The minimum absolute atomic E-state index is 0.00150. The molecule has 7 rings (SSSR count). The van der Waals surface area contributed by atoms with Crippen LogP contribution in [-0.4, -0.2) is 42.6 Å². The highest BCUT2D eigenvalue weighted by Gasteiger charge is 2.53. The van der Waals surface area contributed by atoms with E-state index in [1.165, 1.54) is 0 Å². The Kier molecular flexibility index (Phi) is 3.52. The van der Waals surface area contributed by atoms with Crippen LogP contribution in [0, 0.1) is 0 Å². The van der Waals surface area contributed by atoms with Crippen LogP contribution in [0.3, 0.4) is 0 Å². The van der Waals surface area contributed by atoms with Crippen molar-refractivity contribution in [3.05, 3.63) is 62.7 Å². The van der Waals surface area contributed by atoms with Crippen LogP contribution in [0.5, 0.6) is 0 Å². The second-order valence-corrected chi connectivity index (χ2v) is 10.2. The molecule has 3 aromatic heterocycles. The van der Waals surface area contributed by atoms with E-state index in [1.54, 1.807) is 0 Å². The molecule has 2 saturated carbocycles. The minimum Gasteiger partial charge on any atom is -0.333 e. The zero-order valence-electron chi connectivity index (χ0n) is 17.5. The van der Waals surface area contributed by atoms with Crippen molar-refractivity contribution in [3.63, 3.8) is 0 Å². The number of carbonyl (C=O) groups is 1. The van der Waals surface area contributed by atoms with Gasteiger partial charge in [0.05, 0.1) is 17.6 Å². The van der Waals surface area contributed by atoms with Gasteiger partial charge in [-0.3, -0.25) is 14.3 Å². The van der Waals surface area contributed by atoms with E-state index in [-0.39, 0.29) is 16.9 Å². The third kappa shape index (κ3) is 2.47. The maximum atomic E-state index is 13.3. The number of hydrogen-bond donors (Lipinski definition) is 0. The zero-order chi connectivity index (χ0) is 21.8. The summed E-state index contributed by atoms with van der Waals surface area (Å²) in [5.74, 6) is 0.518. The van der Waals surface area contributed by atoms with Gasteiger partial charge in [-0.1, -0.05) is 6.07 Å². The van der Waals surface area contributed by atoms with Gasteiger partial charge in [0.2, 0.25) is 5.43 Å². The van der Waals surface area contributed by atoms with E-state index >= 15 is 0 Å². The van der Waals surface area contributed by atoms with Gasteiger partial charge in [0, 0.05) is 42.0 Å². The van der Waals surface area contributed by atoms with Gasteiger partial charge in [0.1, 0.15) is 10.2 Å². The van der Waals surface area contributed by atoms with E-state index in [1.807, 2.05) is 57.7 Å². The lowest BCUT2D eigenvalue weighted by atomic mass is 10.0. The summed E-state index contributed by atoms with van der Waals surface area (Å²) in [6.45, 7) is 0.730. The molecule has 3 aliphatic rings. The van der Waals surface area contributed by atoms with Gasteiger partial charge in [-0.05, 0) is 65.4 Å². The Morgan fingerprint density at radius 2 is 1.97 bits per heavy atom. The molecule has 4 aromatic rings. The fraction of sp³-hybridized carbons (Fsp3) is 0.333. The molecule has 0 atom stereocenters. The van der Waals surface area contributed by atoms with E-state index in [9.17, 15) is 9.59 Å². The number of pyridine rings is 1. The number of likely N-dealkylation sites (N-methyl/N-ethyl adjacent to an activating group) is 1. The highest BCUT2D eigenvalue weighted by atomic mass is 79.9. The van der Waals surface area contributed by atoms with Crippen molar-refractivity contribution in [3.8, 4) is 11.1 Å². The molecule has 0 saturated heterocycles. The monoisotopic (exact) mass is 489 g/mol. The second-order valence-electron chi connectivity index (χ2n) is 9.37. The van der Waals surface area contributed by atoms with Gasteiger partial charge < -0.3 is 9.30 Å². The first-order valence-corrected chi connectivity index (χ1v) is 11.7. The molecule has 0 radical (unpaired) electrons. The summed E-state index contributed by atoms with van der Waals surface area (Å²) in [4.78, 5) is 33.0. The molecule has 1 aromatic carbocycles. The van der Waals surface area contributed by atoms with Crippen molar-refractivity contribution >= 4 is 38.4 Å². The number of aromatic nitrogens is 4. The van der Waals surface area contributed by atoms with Crippen molar-refractivity contribution in [1.82, 2.24) is 24.1 Å². The van der Waals surface area contributed by atoms with Crippen LogP contribution in [0.15, 0.2) is 45.9 Å². The van der Waals surface area contributed by atoms with E-state index in [0.717, 1.165) is 54.4 Å². The number of hydrogen-bond acceptors (Lipinski definition) is 4. The largest absolute Gasteiger partial charge is 0.333 e. The first-order valence-electron chi connectivity index (χ1n) is 11.0. The summed E-state index contributed by atoms with van der Waals surface area (Å²) < 4.78 is 4.21. The Morgan fingerprint density at radius 3 is 2.72 bits per heavy atom. The summed E-state index contributed by atoms with van der Waals surface area (Å²) in [5.41, 5.74) is 4.22. The van der Waals surface area contributed by atoms with Gasteiger partial charge >= 0.3 is 0 Å². The van der Waals surface area contributed by atoms with Crippen LogP contribution in [0.4, 0.5) is 0 Å². The average molecular weight is 490 g/mol. The Labute approximate surface area is 191 Å². The third-order valence-electron chi connectivity index (χ3n) is 7.33. The summed E-state index contributed by atoms with van der Waals surface area (Å²) in [7, 11) is 1.89. The standard InChI is InChI=1S/C24H20BrN5O2/c1-28-23(32)20-15-10-14(4-5-18(15)27-30(20)12-24(28)7-8-24)16-11-29-9-6-17(13-2-3-13)26-22(29)19(25)21(16)31/h4-6,9-11,13H,2-3,7-8,12H2,1H3. The fourth-order valence-electron chi connectivity index (χ4n) is 4.98. The summed E-state index contributed by atoms with van der Waals surface area (Å²) in [6.07, 6.45) is 8.17. The van der Waals surface area contributed by atoms with E-state index < -0.39 is 0 Å². The van der Waals surface area contributed by atoms with E-state index in [4.69, 9.17) is 10.1 Å². The number of nitrogens with zero attached hydrogens (tertiary/aromatic N) is 5. The number of amides is 1. The molecule has 2 fully saturated rings. The Morgan fingerprint density at radius 1 is 1.16 bits per heavy atom. The van der Waals surface area contributed by atoms with Crippen molar-refractivity contribution in [2.75, 3.05) is 7.05 Å². The molecule has 1 aliphatic heterocycles. The number of fused-ring (bicyclic) bond motifs is 4. The van der Waals surface area contributed by atoms with Crippen LogP contribution in [-0.2, 0) is 6.54 Å². The van der Waals surface area contributed by atoms with Crippen molar-refractivity contribution < 1.29 is 4.79 Å². The van der Waals surface area contributed by atoms with Gasteiger partial charge in [0.25, 0.3) is 5.91 Å². The SMILES string of the molecule is CN1C(=O)c2c3cc(-c4cn5ccc(C6CC6)nc5c(Br)c4=O)ccc3nn2CC12CC2. The molecule has 0 N–H and O–H groups in total. The van der Waals surface area contributed by atoms with E-state index in [0.29, 0.717) is 27.3 Å². The van der Waals surface area contributed by atoms with Crippen LogP contribution in [0.25, 0.3) is 27.7 Å². The smallest absolute Gasteiger partial charge is 0.273 e. The number of halogens is 1. The van der Waals surface area contributed by atoms with Crippen molar-refractivity contribution in [2.45, 2.75) is 43.7 Å². The number of rotatable bonds is 2. The van der Waals surface area contributed by atoms with Crippen LogP contribution in [0.1, 0.15) is 47.8 Å². The molecule has 8 heteroatoms. The number of benzene rings is 1. The quantitative estimate of drug-likeness (QED) is 0.427. The molecule has 1 amide bonds. The molecular formula is C24H20BrN5O2. The highest BCUT2D eigenvalue weighted by molar-refractivity contribution is 9.10. The average Bonchev–Trinajstić information content (AvgIpc) is 3.72. The third-order valence-corrected chi connectivity index (χ3v) is 8.04. The molecule has 4 heterocycles. The summed E-state index contributed by atoms with van der Waals surface area (Å²) in [6, 6.07) is 7.76. The predicted octanol–water partition coefficient (Wildman–Crippen LogP) is 3.97. The van der Waals surface area contributed by atoms with Crippen LogP contribution in [0.2, 0.25) is 0 Å². The lowest BCUT2D eigenvalue weighted by Gasteiger charge is -2.33. The second kappa shape index (κ2) is 6.07. The molecule has 0 unspecified atom stereocenters. The molecule has 1 spiro atoms. The van der Waals surface area contributed by atoms with Gasteiger partial charge in [-0.25, -0.2) is 4.98 Å². The van der Waals surface area contributed by atoms with Crippen LogP contribution >= 0.6 is 15.9 Å². The summed E-state index contributed by atoms with van der Waals surface area (Å²) in [5, 5.41) is 5.49. The Balaban J connectivity index is 1.40. The first-order chi connectivity index (χ1) is 15.4. The topological polar surface area (TPSA) is 72.5 Å².